The summed E-state index contributed by atoms with van der Waals surface area (Å²) in [5.74, 6) is 0. The Morgan fingerprint density at radius 1 is 0.682 bits per heavy atom. The second-order valence-electron chi connectivity index (χ2n) is 5.18. The van der Waals surface area contributed by atoms with Gasteiger partial charge >= 0.3 is 0 Å². The highest BCUT2D eigenvalue weighted by atomic mass is 32.2. The van der Waals surface area contributed by atoms with E-state index in [9.17, 15) is 8.42 Å². The van der Waals surface area contributed by atoms with Gasteiger partial charge in [-0.2, -0.15) is 0 Å². The van der Waals surface area contributed by atoms with Gasteiger partial charge in [0, 0.05) is 5.56 Å². The monoisotopic (exact) mass is 308 g/mol. The molecule has 2 nitrogen and oxygen atoms in total. The van der Waals surface area contributed by atoms with Gasteiger partial charge in [-0.05, 0) is 30.7 Å². The van der Waals surface area contributed by atoms with Gasteiger partial charge in [0.1, 0.15) is 0 Å². The van der Waals surface area contributed by atoms with Crippen molar-refractivity contribution in [3.05, 3.63) is 84.4 Å². The van der Waals surface area contributed by atoms with Crippen LogP contribution in [-0.2, 0) is 9.84 Å². The molecule has 3 aromatic rings. The fourth-order valence-corrected chi connectivity index (χ4v) is 3.88. The van der Waals surface area contributed by atoms with Crippen LogP contribution < -0.4 is 0 Å². The standard InChI is InChI=1S/C19H16O2S/c1-15-11-13-17(14-12-15)22(20,21)19-10-6-5-9-18(19)16-7-3-2-4-8-16/h2-14H,1H3. The number of hydrogen-bond donors (Lipinski definition) is 0. The van der Waals surface area contributed by atoms with Crippen LogP contribution in [-0.4, -0.2) is 8.42 Å². The predicted molar refractivity (Wildman–Crippen MR) is 88.5 cm³/mol. The molecule has 0 amide bonds. The minimum absolute atomic E-state index is 0.321. The lowest BCUT2D eigenvalue weighted by atomic mass is 10.1. The molecule has 0 N–H and O–H groups in total. The number of sulfone groups is 1. The Hall–Kier alpha value is -2.39. The molecule has 0 atom stereocenters. The Morgan fingerprint density at radius 2 is 1.27 bits per heavy atom. The first kappa shape index (κ1) is 14.5. The highest BCUT2D eigenvalue weighted by molar-refractivity contribution is 7.91. The third kappa shape index (κ3) is 2.68. The summed E-state index contributed by atoms with van der Waals surface area (Å²) < 4.78 is 25.9. The summed E-state index contributed by atoms with van der Waals surface area (Å²) in [5, 5.41) is 0. The molecular formula is C19H16O2S. The topological polar surface area (TPSA) is 34.1 Å². The smallest absolute Gasteiger partial charge is 0.207 e. The predicted octanol–water partition coefficient (Wildman–Crippen LogP) is 4.49. The maximum absolute atomic E-state index is 12.9. The van der Waals surface area contributed by atoms with Crippen LogP contribution in [0.2, 0.25) is 0 Å². The molecule has 0 fully saturated rings. The van der Waals surface area contributed by atoms with Crippen LogP contribution in [0.3, 0.4) is 0 Å². The molecule has 0 aliphatic carbocycles. The summed E-state index contributed by atoms with van der Waals surface area (Å²) in [5.41, 5.74) is 2.66. The molecule has 3 rings (SSSR count). The molecule has 3 aromatic carbocycles. The summed E-state index contributed by atoms with van der Waals surface area (Å²) in [4.78, 5) is 0.659. The molecular weight excluding hydrogens is 292 g/mol. The normalized spacial score (nSPS) is 11.3. The lowest BCUT2D eigenvalue weighted by molar-refractivity contribution is 0.596. The van der Waals surface area contributed by atoms with Crippen molar-refractivity contribution in [3.63, 3.8) is 0 Å². The molecule has 22 heavy (non-hydrogen) atoms. The highest BCUT2D eigenvalue weighted by Crippen LogP contribution is 2.31. The zero-order valence-corrected chi connectivity index (χ0v) is 13.0. The molecule has 0 aliphatic rings. The van der Waals surface area contributed by atoms with Crippen molar-refractivity contribution in [1.82, 2.24) is 0 Å². The van der Waals surface area contributed by atoms with Crippen LogP contribution in [0.15, 0.2) is 88.7 Å². The summed E-state index contributed by atoms with van der Waals surface area (Å²) >= 11 is 0. The van der Waals surface area contributed by atoms with Crippen LogP contribution in [0.25, 0.3) is 11.1 Å². The van der Waals surface area contributed by atoms with Crippen LogP contribution in [0, 0.1) is 6.92 Å². The van der Waals surface area contributed by atoms with Crippen LogP contribution in [0.1, 0.15) is 5.56 Å². The van der Waals surface area contributed by atoms with E-state index in [1.54, 1.807) is 24.3 Å². The van der Waals surface area contributed by atoms with Gasteiger partial charge in [0.25, 0.3) is 0 Å². The second kappa shape index (κ2) is 5.78. The van der Waals surface area contributed by atoms with Crippen molar-refractivity contribution in [2.75, 3.05) is 0 Å². The van der Waals surface area contributed by atoms with Gasteiger partial charge in [-0.1, -0.05) is 66.2 Å². The maximum atomic E-state index is 12.9. The van der Waals surface area contributed by atoms with E-state index in [0.717, 1.165) is 16.7 Å². The van der Waals surface area contributed by atoms with Crippen molar-refractivity contribution >= 4 is 9.84 Å². The van der Waals surface area contributed by atoms with Crippen molar-refractivity contribution < 1.29 is 8.42 Å². The fourth-order valence-electron chi connectivity index (χ4n) is 2.40. The maximum Gasteiger partial charge on any atom is 0.207 e. The number of hydrogen-bond acceptors (Lipinski definition) is 2. The van der Waals surface area contributed by atoms with E-state index in [-0.39, 0.29) is 0 Å². The molecule has 0 saturated heterocycles. The molecule has 0 radical (unpaired) electrons. The van der Waals surface area contributed by atoms with Gasteiger partial charge in [-0.25, -0.2) is 8.42 Å². The highest BCUT2D eigenvalue weighted by Gasteiger charge is 2.21. The van der Waals surface area contributed by atoms with E-state index >= 15 is 0 Å². The van der Waals surface area contributed by atoms with Gasteiger partial charge in [-0.15, -0.1) is 0 Å². The Labute approximate surface area is 131 Å². The van der Waals surface area contributed by atoms with Gasteiger partial charge in [-0.3, -0.25) is 0 Å². The number of rotatable bonds is 3. The molecule has 0 aromatic heterocycles. The second-order valence-corrected chi connectivity index (χ2v) is 7.10. The largest absolute Gasteiger partial charge is 0.218 e. The number of benzene rings is 3. The van der Waals surface area contributed by atoms with Crippen LogP contribution >= 0.6 is 0 Å². The molecule has 0 spiro atoms. The average molecular weight is 308 g/mol. The summed E-state index contributed by atoms with van der Waals surface area (Å²) in [6.07, 6.45) is 0. The Balaban J connectivity index is 2.18. The van der Waals surface area contributed by atoms with Gasteiger partial charge in [0.15, 0.2) is 0 Å². The first-order valence-corrected chi connectivity index (χ1v) is 8.53. The van der Waals surface area contributed by atoms with E-state index in [1.165, 1.54) is 0 Å². The molecule has 0 bridgehead atoms. The van der Waals surface area contributed by atoms with Gasteiger partial charge in [0.05, 0.1) is 9.79 Å². The molecule has 0 saturated carbocycles. The van der Waals surface area contributed by atoms with E-state index in [4.69, 9.17) is 0 Å². The van der Waals surface area contributed by atoms with Crippen molar-refractivity contribution in [3.8, 4) is 11.1 Å². The zero-order chi connectivity index (χ0) is 15.6. The summed E-state index contributed by atoms with van der Waals surface area (Å²) in [6, 6.07) is 23.6. The lowest BCUT2D eigenvalue weighted by Crippen LogP contribution is -2.04. The quantitative estimate of drug-likeness (QED) is 0.714. The summed E-state index contributed by atoms with van der Waals surface area (Å²) in [6.45, 7) is 1.94. The van der Waals surface area contributed by atoms with Gasteiger partial charge < -0.3 is 0 Å². The minimum Gasteiger partial charge on any atom is -0.218 e. The van der Waals surface area contributed by atoms with E-state index in [2.05, 4.69) is 0 Å². The van der Waals surface area contributed by atoms with E-state index in [1.807, 2.05) is 61.5 Å². The first-order chi connectivity index (χ1) is 10.6. The SMILES string of the molecule is Cc1ccc(S(=O)(=O)c2ccccc2-c2ccccc2)cc1. The van der Waals surface area contributed by atoms with Crippen molar-refractivity contribution in [2.24, 2.45) is 0 Å². The first-order valence-electron chi connectivity index (χ1n) is 7.05. The van der Waals surface area contributed by atoms with E-state index in [0.29, 0.717) is 9.79 Å². The Morgan fingerprint density at radius 3 is 1.95 bits per heavy atom. The van der Waals surface area contributed by atoms with Crippen LogP contribution in [0.5, 0.6) is 0 Å². The van der Waals surface area contributed by atoms with E-state index < -0.39 is 9.84 Å². The fraction of sp³-hybridized carbons (Fsp3) is 0.0526. The van der Waals surface area contributed by atoms with Gasteiger partial charge in [0.2, 0.25) is 9.84 Å². The third-order valence-corrected chi connectivity index (χ3v) is 5.42. The summed E-state index contributed by atoms with van der Waals surface area (Å²) in [7, 11) is -3.53. The van der Waals surface area contributed by atoms with Crippen molar-refractivity contribution in [2.45, 2.75) is 16.7 Å². The molecule has 0 heterocycles. The zero-order valence-electron chi connectivity index (χ0n) is 12.2. The van der Waals surface area contributed by atoms with Crippen LogP contribution in [0.4, 0.5) is 0 Å². The van der Waals surface area contributed by atoms with Crippen molar-refractivity contribution in [1.29, 1.82) is 0 Å². The average Bonchev–Trinajstić information content (AvgIpc) is 2.56. The number of aryl methyl sites for hydroxylation is 1. The molecule has 0 aliphatic heterocycles. The third-order valence-electron chi connectivity index (χ3n) is 3.59. The molecule has 110 valence electrons. The Kier molecular flexibility index (Phi) is 3.82. The molecule has 3 heteroatoms. The molecule has 0 unspecified atom stereocenters. The minimum atomic E-state index is -3.53. The Bertz CT molecular complexity index is 880. The lowest BCUT2D eigenvalue weighted by Gasteiger charge is -2.11.